The lowest BCUT2D eigenvalue weighted by Crippen LogP contribution is -2.35. The molecule has 1 saturated heterocycles. The van der Waals surface area contributed by atoms with Crippen molar-refractivity contribution in [3.63, 3.8) is 0 Å². The third kappa shape index (κ3) is 5.02. The van der Waals surface area contributed by atoms with Crippen LogP contribution in [0.4, 0.5) is 23.7 Å². The standard InChI is InChI=1S/C23H20ClF3N4O/c24-18-7-3-15(4-8-18)12-16-13-28-14-29-21(16)20-2-1-11-31(20)22(32)30-19-9-5-17(6-10-19)23(25,26)27/h3-10,13-14,20H,1-2,11-12H2,(H,30,32)/t20-/m1/s1. The molecule has 4 rings (SSSR count). The van der Waals surface area contributed by atoms with Gasteiger partial charge >= 0.3 is 12.2 Å². The molecular weight excluding hydrogens is 441 g/mol. The predicted molar refractivity (Wildman–Crippen MR) is 115 cm³/mol. The SMILES string of the molecule is O=C(Nc1ccc(C(F)(F)F)cc1)N1CCC[C@@H]1c1ncncc1Cc1ccc(Cl)cc1. The Morgan fingerprint density at radius 1 is 1.12 bits per heavy atom. The Kier molecular flexibility index (Phi) is 6.32. The van der Waals surface area contributed by atoms with E-state index < -0.39 is 11.7 Å². The Bertz CT molecular complexity index is 1090. The third-order valence-electron chi connectivity index (χ3n) is 5.42. The molecule has 0 unspecified atom stereocenters. The molecule has 2 amide bonds. The summed E-state index contributed by atoms with van der Waals surface area (Å²) < 4.78 is 38.3. The average molecular weight is 461 g/mol. The molecule has 3 aromatic rings. The lowest BCUT2D eigenvalue weighted by atomic mass is 10.00. The van der Waals surface area contributed by atoms with Gasteiger partial charge in [-0.25, -0.2) is 14.8 Å². The number of nitrogens with zero attached hydrogens (tertiary/aromatic N) is 3. The van der Waals surface area contributed by atoms with Crippen molar-refractivity contribution in [2.75, 3.05) is 11.9 Å². The molecule has 1 N–H and O–H groups in total. The summed E-state index contributed by atoms with van der Waals surface area (Å²) in [5, 5.41) is 3.35. The average Bonchev–Trinajstić information content (AvgIpc) is 3.25. The Labute approximate surface area is 188 Å². The maximum absolute atomic E-state index is 12.9. The van der Waals surface area contributed by atoms with Crippen LogP contribution in [0.2, 0.25) is 5.02 Å². The maximum Gasteiger partial charge on any atom is 0.416 e. The Morgan fingerprint density at radius 3 is 2.53 bits per heavy atom. The number of benzene rings is 2. The molecule has 166 valence electrons. The summed E-state index contributed by atoms with van der Waals surface area (Å²) in [4.78, 5) is 23.2. The number of hydrogen-bond acceptors (Lipinski definition) is 3. The van der Waals surface area contributed by atoms with Crippen LogP contribution in [0.1, 0.15) is 41.3 Å². The van der Waals surface area contributed by atoms with E-state index in [4.69, 9.17) is 11.6 Å². The smallest absolute Gasteiger partial charge is 0.316 e. The molecule has 2 aromatic carbocycles. The molecule has 1 fully saturated rings. The van der Waals surface area contributed by atoms with Gasteiger partial charge in [0.05, 0.1) is 17.3 Å². The van der Waals surface area contributed by atoms with Gasteiger partial charge in [-0.1, -0.05) is 23.7 Å². The fraction of sp³-hybridized carbons (Fsp3) is 0.261. The van der Waals surface area contributed by atoms with Gasteiger partial charge in [0.25, 0.3) is 0 Å². The molecule has 9 heteroatoms. The molecule has 32 heavy (non-hydrogen) atoms. The monoisotopic (exact) mass is 460 g/mol. The van der Waals surface area contributed by atoms with Crippen molar-refractivity contribution in [3.8, 4) is 0 Å². The number of likely N-dealkylation sites (tertiary alicyclic amines) is 1. The molecule has 1 atom stereocenters. The van der Waals surface area contributed by atoms with Crippen molar-refractivity contribution in [3.05, 3.63) is 88.5 Å². The summed E-state index contributed by atoms with van der Waals surface area (Å²) >= 11 is 5.97. The first-order valence-electron chi connectivity index (χ1n) is 10.1. The zero-order valence-corrected chi connectivity index (χ0v) is 17.7. The van der Waals surface area contributed by atoms with Crippen LogP contribution in [-0.4, -0.2) is 27.4 Å². The normalized spacial score (nSPS) is 16.2. The summed E-state index contributed by atoms with van der Waals surface area (Å²) in [6.07, 6.45) is 0.932. The van der Waals surface area contributed by atoms with E-state index in [1.54, 1.807) is 11.1 Å². The first-order valence-corrected chi connectivity index (χ1v) is 10.5. The fourth-order valence-electron chi connectivity index (χ4n) is 3.86. The largest absolute Gasteiger partial charge is 0.416 e. The quantitative estimate of drug-likeness (QED) is 0.511. The van der Waals surface area contributed by atoms with Gasteiger partial charge in [0.1, 0.15) is 6.33 Å². The van der Waals surface area contributed by atoms with Crippen molar-refractivity contribution in [2.24, 2.45) is 0 Å². The minimum Gasteiger partial charge on any atom is -0.316 e. The van der Waals surface area contributed by atoms with E-state index in [0.717, 1.165) is 41.8 Å². The first-order chi connectivity index (χ1) is 15.3. The molecule has 1 aliphatic heterocycles. The van der Waals surface area contributed by atoms with Gasteiger partial charge in [0.2, 0.25) is 0 Å². The van der Waals surface area contributed by atoms with E-state index >= 15 is 0 Å². The molecule has 0 spiro atoms. The van der Waals surface area contributed by atoms with E-state index in [0.29, 0.717) is 23.7 Å². The molecule has 0 saturated carbocycles. The van der Waals surface area contributed by atoms with Crippen LogP contribution < -0.4 is 5.32 Å². The zero-order chi connectivity index (χ0) is 22.7. The second kappa shape index (κ2) is 9.16. The lowest BCUT2D eigenvalue weighted by molar-refractivity contribution is -0.137. The van der Waals surface area contributed by atoms with Crippen LogP contribution in [-0.2, 0) is 12.6 Å². The van der Waals surface area contributed by atoms with Crippen LogP contribution in [0.25, 0.3) is 0 Å². The number of rotatable bonds is 4. The van der Waals surface area contributed by atoms with E-state index in [9.17, 15) is 18.0 Å². The number of alkyl halides is 3. The van der Waals surface area contributed by atoms with Crippen LogP contribution >= 0.6 is 11.6 Å². The van der Waals surface area contributed by atoms with Crippen LogP contribution in [0, 0.1) is 0 Å². The van der Waals surface area contributed by atoms with Gasteiger partial charge in [-0.15, -0.1) is 0 Å². The minimum absolute atomic E-state index is 0.241. The number of carbonyl (C=O) groups is 1. The molecular formula is C23H20ClF3N4O. The fourth-order valence-corrected chi connectivity index (χ4v) is 3.98. The molecule has 5 nitrogen and oxygen atoms in total. The van der Waals surface area contributed by atoms with Gasteiger partial charge in [0, 0.05) is 29.9 Å². The number of halogens is 4. The second-order valence-electron chi connectivity index (χ2n) is 7.59. The Hall–Kier alpha value is -3.13. The highest BCUT2D eigenvalue weighted by molar-refractivity contribution is 6.30. The number of nitrogens with one attached hydrogen (secondary N) is 1. The first kappa shape index (κ1) is 22.1. The van der Waals surface area contributed by atoms with Gasteiger partial charge < -0.3 is 10.2 Å². The van der Waals surface area contributed by atoms with E-state index in [2.05, 4.69) is 15.3 Å². The van der Waals surface area contributed by atoms with Crippen molar-refractivity contribution in [2.45, 2.75) is 31.5 Å². The molecule has 0 aliphatic carbocycles. The van der Waals surface area contributed by atoms with Gasteiger partial charge in [0.15, 0.2) is 0 Å². The van der Waals surface area contributed by atoms with E-state index in [1.165, 1.54) is 18.5 Å². The highest BCUT2D eigenvalue weighted by Crippen LogP contribution is 2.34. The summed E-state index contributed by atoms with van der Waals surface area (Å²) in [7, 11) is 0. The number of amides is 2. The molecule has 0 bridgehead atoms. The summed E-state index contributed by atoms with van der Waals surface area (Å²) in [5.41, 5.74) is 2.27. The van der Waals surface area contributed by atoms with Crippen molar-refractivity contribution < 1.29 is 18.0 Å². The van der Waals surface area contributed by atoms with Crippen molar-refractivity contribution >= 4 is 23.3 Å². The van der Waals surface area contributed by atoms with Crippen LogP contribution in [0.3, 0.4) is 0 Å². The summed E-state index contributed by atoms with van der Waals surface area (Å²) in [6, 6.07) is 11.3. The number of carbonyl (C=O) groups excluding carboxylic acids is 1. The highest BCUT2D eigenvalue weighted by Gasteiger charge is 2.33. The number of anilines is 1. The predicted octanol–water partition coefficient (Wildman–Crippen LogP) is 6.11. The zero-order valence-electron chi connectivity index (χ0n) is 16.9. The minimum atomic E-state index is -4.42. The van der Waals surface area contributed by atoms with Gasteiger partial charge in [-0.2, -0.15) is 13.2 Å². The molecule has 1 aliphatic rings. The molecule has 2 heterocycles. The summed E-state index contributed by atoms with van der Waals surface area (Å²) in [5.74, 6) is 0. The highest BCUT2D eigenvalue weighted by atomic mass is 35.5. The van der Waals surface area contributed by atoms with E-state index in [1.807, 2.05) is 24.3 Å². The maximum atomic E-state index is 12.9. The van der Waals surface area contributed by atoms with Gasteiger partial charge in [-0.05, 0) is 60.4 Å². The Balaban J connectivity index is 1.51. The molecule has 0 radical (unpaired) electrons. The third-order valence-corrected chi connectivity index (χ3v) is 5.68. The topological polar surface area (TPSA) is 58.1 Å². The Morgan fingerprint density at radius 2 is 1.84 bits per heavy atom. The van der Waals surface area contributed by atoms with Gasteiger partial charge in [-0.3, -0.25) is 0 Å². The van der Waals surface area contributed by atoms with Crippen LogP contribution in [0.15, 0.2) is 61.1 Å². The van der Waals surface area contributed by atoms with E-state index in [-0.39, 0.29) is 12.1 Å². The lowest BCUT2D eigenvalue weighted by Gasteiger charge is -2.26. The van der Waals surface area contributed by atoms with Crippen molar-refractivity contribution in [1.82, 2.24) is 14.9 Å². The van der Waals surface area contributed by atoms with Crippen molar-refractivity contribution in [1.29, 1.82) is 0 Å². The number of urea groups is 1. The van der Waals surface area contributed by atoms with Crippen LogP contribution in [0.5, 0.6) is 0 Å². The second-order valence-corrected chi connectivity index (χ2v) is 8.03. The number of hydrogen-bond donors (Lipinski definition) is 1. The molecule has 1 aromatic heterocycles. The summed E-state index contributed by atoms with van der Waals surface area (Å²) in [6.45, 7) is 0.529. The number of aromatic nitrogens is 2.